The topological polar surface area (TPSA) is 90.9 Å². The molecule has 2 unspecified atom stereocenters. The fourth-order valence-electron chi connectivity index (χ4n) is 4.12. The molecule has 0 spiro atoms. The molecule has 2 aliphatic rings. The molecule has 13 heteroatoms. The molecule has 2 atom stereocenters. The molecule has 2 saturated carbocycles. The molecular formula is C19H22ClF5N6O. The number of hydrogen-bond donors (Lipinski definition) is 2. The van der Waals surface area contributed by atoms with Crippen LogP contribution in [-0.2, 0) is 6.18 Å². The Bertz CT molecular complexity index is 993. The van der Waals surface area contributed by atoms with Crippen LogP contribution in [0, 0.1) is 12.8 Å². The van der Waals surface area contributed by atoms with E-state index >= 15 is 0 Å². The van der Waals surface area contributed by atoms with Crippen LogP contribution in [0.2, 0.25) is 5.28 Å². The largest absolute Gasteiger partial charge is 0.487 e. The molecule has 4 rings (SSSR count). The molecule has 32 heavy (non-hydrogen) atoms. The number of hydrogen-bond acceptors (Lipinski definition) is 6. The molecule has 176 valence electrons. The van der Waals surface area contributed by atoms with Crippen LogP contribution in [0.5, 0.6) is 5.75 Å². The lowest BCUT2D eigenvalue weighted by Crippen LogP contribution is -2.30. The van der Waals surface area contributed by atoms with E-state index in [9.17, 15) is 22.0 Å². The number of nitrogen functional groups attached to an aromatic ring is 1. The third kappa shape index (κ3) is 4.55. The van der Waals surface area contributed by atoms with Gasteiger partial charge in [-0.3, -0.25) is 0 Å². The number of nitrogens with zero attached hydrogens (tertiary/aromatic N) is 4. The highest BCUT2D eigenvalue weighted by molar-refractivity contribution is 6.28. The van der Waals surface area contributed by atoms with Crippen molar-refractivity contribution in [3.63, 3.8) is 0 Å². The van der Waals surface area contributed by atoms with E-state index in [1.807, 2.05) is 0 Å². The highest BCUT2D eigenvalue weighted by atomic mass is 35.5. The molecule has 2 fully saturated rings. The van der Waals surface area contributed by atoms with Crippen molar-refractivity contribution in [2.75, 3.05) is 17.7 Å². The Kier molecular flexibility index (Phi) is 5.84. The quantitative estimate of drug-likeness (QED) is 0.453. The number of aryl methyl sites for hydroxylation is 1. The van der Waals surface area contributed by atoms with E-state index in [0.717, 1.165) is 19.3 Å². The SMILES string of the molecule is Cc1nn(C2CCC2)c(N)c1OCC1CC(F)(F)CC1Nc1nc(Cl)ncc1C(F)(F)F. The summed E-state index contributed by atoms with van der Waals surface area (Å²) in [4.78, 5) is 6.92. The van der Waals surface area contributed by atoms with Gasteiger partial charge in [-0.15, -0.1) is 0 Å². The normalized spacial score (nSPS) is 23.2. The summed E-state index contributed by atoms with van der Waals surface area (Å²) in [6.07, 6.45) is -2.49. The molecule has 0 aliphatic heterocycles. The van der Waals surface area contributed by atoms with Crippen molar-refractivity contribution in [2.45, 2.75) is 63.2 Å². The van der Waals surface area contributed by atoms with Gasteiger partial charge in [-0.2, -0.15) is 18.3 Å². The molecule has 2 heterocycles. The Balaban J connectivity index is 1.52. The van der Waals surface area contributed by atoms with Crippen LogP contribution in [0.4, 0.5) is 33.6 Å². The first-order chi connectivity index (χ1) is 14.9. The second kappa shape index (κ2) is 8.20. The molecule has 0 radical (unpaired) electrons. The number of halogens is 6. The number of aromatic nitrogens is 4. The molecule has 7 nitrogen and oxygen atoms in total. The van der Waals surface area contributed by atoms with Crippen LogP contribution >= 0.6 is 11.6 Å². The lowest BCUT2D eigenvalue weighted by molar-refractivity contribution is -0.137. The van der Waals surface area contributed by atoms with E-state index in [0.29, 0.717) is 23.5 Å². The van der Waals surface area contributed by atoms with Crippen molar-refractivity contribution in [2.24, 2.45) is 5.92 Å². The van der Waals surface area contributed by atoms with Gasteiger partial charge in [-0.25, -0.2) is 23.4 Å². The zero-order valence-corrected chi connectivity index (χ0v) is 17.9. The van der Waals surface area contributed by atoms with Gasteiger partial charge in [0.25, 0.3) is 5.92 Å². The van der Waals surface area contributed by atoms with E-state index < -0.39 is 53.6 Å². The first-order valence-corrected chi connectivity index (χ1v) is 10.5. The van der Waals surface area contributed by atoms with Crippen LogP contribution in [0.3, 0.4) is 0 Å². The first kappa shape index (κ1) is 22.8. The molecule has 2 aliphatic carbocycles. The van der Waals surface area contributed by atoms with E-state index in [4.69, 9.17) is 22.1 Å². The molecule has 0 saturated heterocycles. The third-order valence-corrected chi connectivity index (χ3v) is 6.15. The third-order valence-electron chi connectivity index (χ3n) is 5.96. The van der Waals surface area contributed by atoms with Crippen LogP contribution in [0.1, 0.15) is 49.4 Å². The average molecular weight is 481 g/mol. The Morgan fingerprint density at radius 3 is 2.66 bits per heavy atom. The maximum atomic E-state index is 14.2. The summed E-state index contributed by atoms with van der Waals surface area (Å²) in [5.74, 6) is -3.88. The van der Waals surface area contributed by atoms with Crippen molar-refractivity contribution in [3.05, 3.63) is 22.7 Å². The highest BCUT2D eigenvalue weighted by Crippen LogP contribution is 2.43. The van der Waals surface area contributed by atoms with Crippen LogP contribution < -0.4 is 15.8 Å². The minimum absolute atomic E-state index is 0.172. The molecular weight excluding hydrogens is 459 g/mol. The van der Waals surface area contributed by atoms with Gasteiger partial charge in [0.2, 0.25) is 5.28 Å². The van der Waals surface area contributed by atoms with Gasteiger partial charge in [-0.1, -0.05) is 0 Å². The number of nitrogens with one attached hydrogen (secondary N) is 1. The van der Waals surface area contributed by atoms with Crippen molar-refractivity contribution in [1.82, 2.24) is 19.7 Å². The van der Waals surface area contributed by atoms with Crippen molar-refractivity contribution in [3.8, 4) is 5.75 Å². The van der Waals surface area contributed by atoms with E-state index in [-0.39, 0.29) is 12.6 Å². The average Bonchev–Trinajstić information content (AvgIpc) is 3.06. The van der Waals surface area contributed by atoms with Crippen molar-refractivity contribution < 1.29 is 26.7 Å². The van der Waals surface area contributed by atoms with Crippen LogP contribution in [0.25, 0.3) is 0 Å². The second-order valence-corrected chi connectivity index (χ2v) is 8.65. The smallest absolute Gasteiger partial charge is 0.421 e. The second-order valence-electron chi connectivity index (χ2n) is 8.31. The fourth-order valence-corrected chi connectivity index (χ4v) is 4.26. The molecule has 0 aromatic carbocycles. The highest BCUT2D eigenvalue weighted by Gasteiger charge is 2.48. The molecule has 0 bridgehead atoms. The number of rotatable bonds is 6. The Morgan fingerprint density at radius 2 is 2.03 bits per heavy atom. The molecule has 2 aromatic heterocycles. The predicted octanol–water partition coefficient (Wildman–Crippen LogP) is 4.87. The van der Waals surface area contributed by atoms with Crippen molar-refractivity contribution in [1.29, 1.82) is 0 Å². The maximum absolute atomic E-state index is 14.2. The summed E-state index contributed by atoms with van der Waals surface area (Å²) in [7, 11) is 0. The van der Waals surface area contributed by atoms with Crippen LogP contribution in [-0.4, -0.2) is 38.3 Å². The van der Waals surface area contributed by atoms with Gasteiger partial charge in [0.15, 0.2) is 11.6 Å². The minimum atomic E-state index is -4.78. The summed E-state index contributed by atoms with van der Waals surface area (Å²) in [6.45, 7) is 1.53. The number of ether oxygens (including phenoxy) is 1. The Hall–Kier alpha value is -2.37. The monoisotopic (exact) mass is 480 g/mol. The van der Waals surface area contributed by atoms with Gasteiger partial charge in [0.05, 0.1) is 12.6 Å². The lowest BCUT2D eigenvalue weighted by atomic mass is 9.93. The van der Waals surface area contributed by atoms with Gasteiger partial charge in [0, 0.05) is 31.0 Å². The first-order valence-electron chi connectivity index (χ1n) is 10.2. The zero-order chi connectivity index (χ0) is 23.3. The number of anilines is 2. The molecule has 3 N–H and O–H groups in total. The number of alkyl halides is 5. The summed E-state index contributed by atoms with van der Waals surface area (Å²) >= 11 is 5.64. The van der Waals surface area contributed by atoms with E-state index in [1.54, 1.807) is 11.6 Å². The summed E-state index contributed by atoms with van der Waals surface area (Å²) < 4.78 is 75.8. The zero-order valence-electron chi connectivity index (χ0n) is 17.1. The van der Waals surface area contributed by atoms with E-state index in [1.165, 1.54) is 0 Å². The number of nitrogens with two attached hydrogens (primary N) is 1. The van der Waals surface area contributed by atoms with Gasteiger partial charge >= 0.3 is 6.18 Å². The lowest BCUT2D eigenvalue weighted by Gasteiger charge is -2.26. The van der Waals surface area contributed by atoms with E-state index in [2.05, 4.69) is 20.4 Å². The molecule has 0 amide bonds. The van der Waals surface area contributed by atoms with Gasteiger partial charge < -0.3 is 15.8 Å². The Labute approximate surface area is 185 Å². The van der Waals surface area contributed by atoms with Crippen LogP contribution in [0.15, 0.2) is 6.20 Å². The maximum Gasteiger partial charge on any atom is 0.421 e. The Morgan fingerprint density at radius 1 is 1.31 bits per heavy atom. The summed E-state index contributed by atoms with van der Waals surface area (Å²) in [5, 5.41) is 6.46. The predicted molar refractivity (Wildman–Crippen MR) is 107 cm³/mol. The standard InChI is InChI=1S/C19H22ClF5N6O/c1-9-14(15(26)31(30-9)11-3-2-4-11)32-8-10-5-18(21,22)6-13(10)28-16-12(19(23,24)25)7-27-17(20)29-16/h7,10-11,13H,2-6,8,26H2,1H3,(H,27,28,29). The van der Waals surface area contributed by atoms with Gasteiger partial charge in [0.1, 0.15) is 17.1 Å². The summed E-state index contributed by atoms with van der Waals surface area (Å²) in [5.41, 5.74) is 5.50. The van der Waals surface area contributed by atoms with Crippen molar-refractivity contribution >= 4 is 23.2 Å². The molecule has 2 aromatic rings. The minimum Gasteiger partial charge on any atom is -0.487 e. The van der Waals surface area contributed by atoms with Gasteiger partial charge in [-0.05, 0) is 37.8 Å². The fraction of sp³-hybridized carbons (Fsp3) is 0.632. The summed E-state index contributed by atoms with van der Waals surface area (Å²) in [6, 6.07) is -0.833.